The van der Waals surface area contributed by atoms with Crippen molar-refractivity contribution < 1.29 is 19.4 Å². The van der Waals surface area contributed by atoms with Gasteiger partial charge >= 0.3 is 0 Å². The van der Waals surface area contributed by atoms with Crippen molar-refractivity contribution in [2.24, 2.45) is 23.2 Å². The summed E-state index contributed by atoms with van der Waals surface area (Å²) < 4.78 is 12.2. The van der Waals surface area contributed by atoms with Gasteiger partial charge in [-0.3, -0.25) is 4.79 Å². The van der Waals surface area contributed by atoms with Gasteiger partial charge in [-0.15, -0.1) is 6.58 Å². The number of fused-ring (bicyclic) bond motifs is 2. The molecule has 0 amide bonds. The Morgan fingerprint density at radius 1 is 1.15 bits per heavy atom. The molecule has 2 heterocycles. The Balaban J connectivity index is 1.44. The van der Waals surface area contributed by atoms with E-state index >= 15 is 0 Å². The lowest BCUT2D eigenvalue weighted by Crippen LogP contribution is -2.54. The number of rotatable bonds is 7. The summed E-state index contributed by atoms with van der Waals surface area (Å²) in [6.45, 7) is 14.0. The molecule has 6 rings (SSSR count). The summed E-state index contributed by atoms with van der Waals surface area (Å²) in [4.78, 5) is 15.7. The van der Waals surface area contributed by atoms with E-state index in [0.717, 1.165) is 58.0 Å². The monoisotopic (exact) mass is 561 g/mol. The van der Waals surface area contributed by atoms with Gasteiger partial charge in [-0.1, -0.05) is 44.1 Å². The summed E-state index contributed by atoms with van der Waals surface area (Å²) in [7, 11) is 0. The van der Waals surface area contributed by atoms with E-state index in [9.17, 15) is 9.90 Å². The minimum atomic E-state index is -0.881. The minimum Gasteiger partial charge on any atom is -0.385 e. The van der Waals surface area contributed by atoms with Crippen LogP contribution in [0.25, 0.3) is 0 Å². The third-order valence-electron chi connectivity index (χ3n) is 11.8. The predicted molar refractivity (Wildman–Crippen MR) is 164 cm³/mol. The van der Waals surface area contributed by atoms with E-state index in [0.29, 0.717) is 31.5 Å². The lowest BCUT2D eigenvalue weighted by Gasteiger charge is -2.58. The second kappa shape index (κ2) is 11.3. The van der Waals surface area contributed by atoms with Gasteiger partial charge in [0, 0.05) is 43.5 Å². The molecule has 2 saturated heterocycles. The first-order valence-corrected chi connectivity index (χ1v) is 16.4. The van der Waals surface area contributed by atoms with Crippen molar-refractivity contribution in [3.63, 3.8) is 0 Å². The first-order valence-electron chi connectivity index (χ1n) is 16.4. The molecule has 2 saturated carbocycles. The van der Waals surface area contributed by atoms with E-state index in [2.05, 4.69) is 49.6 Å². The molecule has 4 fully saturated rings. The number of aliphatic hydroxyl groups is 1. The van der Waals surface area contributed by atoms with E-state index in [1.807, 2.05) is 6.08 Å². The lowest BCUT2D eigenvalue weighted by atomic mass is 9.47. The molecule has 6 atom stereocenters. The fourth-order valence-electron chi connectivity index (χ4n) is 9.99. The number of hydrogen-bond donors (Lipinski definition) is 1. The highest BCUT2D eigenvalue weighted by molar-refractivity contribution is 5.79. The van der Waals surface area contributed by atoms with E-state index in [4.69, 9.17) is 9.47 Å². The third-order valence-corrected chi connectivity index (χ3v) is 11.8. The van der Waals surface area contributed by atoms with E-state index in [1.54, 1.807) is 6.92 Å². The highest BCUT2D eigenvalue weighted by Gasteiger charge is 2.59. The second-order valence-electron chi connectivity index (χ2n) is 14.0. The van der Waals surface area contributed by atoms with E-state index in [1.165, 1.54) is 41.7 Å². The molecular formula is C36H51NO4. The molecule has 5 aliphatic rings. The third kappa shape index (κ3) is 5.04. The van der Waals surface area contributed by atoms with Crippen molar-refractivity contribution >= 4 is 11.5 Å². The Labute approximate surface area is 247 Å². The van der Waals surface area contributed by atoms with Crippen LogP contribution in [0.3, 0.4) is 0 Å². The van der Waals surface area contributed by atoms with Crippen molar-refractivity contribution in [1.29, 1.82) is 0 Å². The zero-order valence-electron chi connectivity index (χ0n) is 25.6. The molecule has 0 bridgehead atoms. The first-order chi connectivity index (χ1) is 19.7. The van der Waals surface area contributed by atoms with Gasteiger partial charge in [-0.05, 0) is 98.8 Å². The number of anilines is 1. The molecule has 224 valence electrons. The quantitative estimate of drug-likeness (QED) is 0.353. The number of hydrogen-bond acceptors (Lipinski definition) is 5. The predicted octanol–water partition coefficient (Wildman–Crippen LogP) is 7.34. The maximum Gasteiger partial charge on any atom is 0.171 e. The number of allylic oxidation sites excluding steroid dienone is 2. The van der Waals surface area contributed by atoms with Crippen molar-refractivity contribution in [2.75, 3.05) is 31.2 Å². The smallest absolute Gasteiger partial charge is 0.171 e. The van der Waals surface area contributed by atoms with Crippen LogP contribution in [0.5, 0.6) is 0 Å². The molecule has 3 aliphatic carbocycles. The largest absolute Gasteiger partial charge is 0.385 e. The van der Waals surface area contributed by atoms with Crippen LogP contribution in [0, 0.1) is 23.2 Å². The summed E-state index contributed by atoms with van der Waals surface area (Å²) in [6, 6.07) is 9.34. The summed E-state index contributed by atoms with van der Waals surface area (Å²) in [6.07, 6.45) is 12.3. The number of ketones is 1. The van der Waals surface area contributed by atoms with Crippen LogP contribution in [0.4, 0.5) is 5.69 Å². The molecule has 1 N–H and O–H groups in total. The Bertz CT molecular complexity index is 1160. The number of nitrogens with zero attached hydrogens (tertiary/aromatic N) is 1. The molecule has 0 aromatic heterocycles. The second-order valence-corrected chi connectivity index (χ2v) is 14.0. The SMILES string of the molecule is C=CCC(C(C)=O)[C@@]1(C)C[C@H](c2ccc(N3CCCCC3)cc2)C2=C3CCC4(C[C@]3(O)CCC2C1CC)OCCO4. The standard InChI is InChI=1S/C36H51NO4/c1-5-10-31(25(3)38)34(4)23-29(26-11-13-27(14-12-26)37-19-8-7-9-20-37)33-28(30(34)6-2)15-17-35(39)24-36(18-16-32(33)35)40-21-22-41-36/h5,11-14,28-31,39H,1,6-10,15-24H2,2-4H3/t28?,29-,30?,31?,34+,35-/m1/s1. The fraction of sp³-hybridized carbons (Fsp3) is 0.694. The topological polar surface area (TPSA) is 59.0 Å². The average Bonchev–Trinajstić information content (AvgIpc) is 3.42. The number of carbonyl (C=O) groups excluding carboxylic acids is 1. The molecule has 5 heteroatoms. The number of benzene rings is 1. The van der Waals surface area contributed by atoms with Gasteiger partial charge in [-0.25, -0.2) is 0 Å². The van der Waals surface area contributed by atoms with Gasteiger partial charge in [0.15, 0.2) is 5.79 Å². The van der Waals surface area contributed by atoms with E-state index < -0.39 is 11.4 Å². The van der Waals surface area contributed by atoms with Crippen LogP contribution in [-0.4, -0.2) is 48.6 Å². The van der Waals surface area contributed by atoms with E-state index in [-0.39, 0.29) is 23.0 Å². The summed E-state index contributed by atoms with van der Waals surface area (Å²) in [5.41, 5.74) is 4.36. The Morgan fingerprint density at radius 3 is 2.49 bits per heavy atom. The normalized spacial score (nSPS) is 35.6. The van der Waals surface area contributed by atoms with Gasteiger partial charge < -0.3 is 19.5 Å². The van der Waals surface area contributed by atoms with Crippen molar-refractivity contribution in [2.45, 2.75) is 109 Å². The average molecular weight is 562 g/mol. The van der Waals surface area contributed by atoms with Gasteiger partial charge in [-0.2, -0.15) is 0 Å². The molecular weight excluding hydrogens is 510 g/mol. The summed E-state index contributed by atoms with van der Waals surface area (Å²) in [5.74, 6) is 0.560. The molecule has 1 aromatic carbocycles. The molecule has 1 aromatic rings. The maximum atomic E-state index is 13.2. The van der Waals surface area contributed by atoms with Gasteiger partial charge in [0.1, 0.15) is 5.78 Å². The van der Waals surface area contributed by atoms with Crippen molar-refractivity contribution in [1.82, 2.24) is 0 Å². The van der Waals surface area contributed by atoms with Crippen LogP contribution in [-0.2, 0) is 14.3 Å². The Hall–Kier alpha value is -1.95. The van der Waals surface area contributed by atoms with Crippen molar-refractivity contribution in [3.05, 3.63) is 53.6 Å². The van der Waals surface area contributed by atoms with Gasteiger partial charge in [0.05, 0.1) is 18.8 Å². The highest BCUT2D eigenvalue weighted by Crippen LogP contribution is 2.64. The van der Waals surface area contributed by atoms with Crippen LogP contribution in [0.2, 0.25) is 0 Å². The zero-order valence-corrected chi connectivity index (χ0v) is 25.6. The van der Waals surface area contributed by atoms with Crippen LogP contribution < -0.4 is 4.90 Å². The summed E-state index contributed by atoms with van der Waals surface area (Å²) >= 11 is 0. The van der Waals surface area contributed by atoms with Gasteiger partial charge in [0.2, 0.25) is 0 Å². The number of carbonyl (C=O) groups is 1. The number of Topliss-reactive ketones (excluding diaryl/α,β-unsaturated/α-hetero) is 1. The van der Waals surface area contributed by atoms with Crippen LogP contribution in [0.1, 0.15) is 103 Å². The van der Waals surface area contributed by atoms with Gasteiger partial charge in [0.25, 0.3) is 0 Å². The fourth-order valence-corrected chi connectivity index (χ4v) is 9.99. The molecule has 2 aliphatic heterocycles. The molecule has 41 heavy (non-hydrogen) atoms. The maximum absolute atomic E-state index is 13.2. The summed E-state index contributed by atoms with van der Waals surface area (Å²) in [5, 5.41) is 12.3. The highest BCUT2D eigenvalue weighted by atomic mass is 16.7. The molecule has 5 nitrogen and oxygen atoms in total. The van der Waals surface area contributed by atoms with Crippen molar-refractivity contribution in [3.8, 4) is 0 Å². The molecule has 0 radical (unpaired) electrons. The number of ether oxygens (including phenoxy) is 2. The minimum absolute atomic E-state index is 0.0395. The Kier molecular flexibility index (Phi) is 8.02. The van der Waals surface area contributed by atoms with Crippen LogP contribution in [0.15, 0.2) is 48.1 Å². The lowest BCUT2D eigenvalue weighted by molar-refractivity contribution is -0.208. The molecule has 1 spiro atoms. The Morgan fingerprint density at radius 2 is 1.85 bits per heavy atom. The van der Waals surface area contributed by atoms with Crippen LogP contribution >= 0.6 is 0 Å². The number of piperidine rings is 1. The zero-order chi connectivity index (χ0) is 28.8. The molecule has 3 unspecified atom stereocenters. The first kappa shape index (κ1) is 29.1.